The summed E-state index contributed by atoms with van der Waals surface area (Å²) in [5, 5.41) is 3.70. The van der Waals surface area contributed by atoms with Gasteiger partial charge < -0.3 is 5.32 Å². The second-order valence-corrected chi connectivity index (χ2v) is 6.45. The molecule has 0 aromatic heterocycles. The Bertz CT molecular complexity index is 225. The fraction of sp³-hybridized carbons (Fsp3) is 1.00. The molecule has 0 aromatic rings. The number of hydrogen-bond donors (Lipinski definition) is 1. The summed E-state index contributed by atoms with van der Waals surface area (Å²) in [6.45, 7) is 1.32. The van der Waals surface area contributed by atoms with E-state index in [4.69, 9.17) is 0 Å². The number of nitrogens with one attached hydrogen (secondary N) is 1. The molecule has 2 saturated carbocycles. The van der Waals surface area contributed by atoms with E-state index < -0.39 is 0 Å². The Morgan fingerprint density at radius 1 is 0.625 bits per heavy atom. The van der Waals surface area contributed by atoms with E-state index in [9.17, 15) is 0 Å². The quantitative estimate of drug-likeness (QED) is 0.657. The average Bonchev–Trinajstić information content (AvgIpc) is 2.69. The molecule has 1 saturated heterocycles. The maximum Gasteiger partial charge on any atom is 0.0110 e. The van der Waals surface area contributed by atoms with Gasteiger partial charge in [0.15, 0.2) is 0 Å². The van der Waals surface area contributed by atoms with E-state index in [0.717, 1.165) is 23.8 Å². The lowest BCUT2D eigenvalue weighted by Crippen LogP contribution is -2.53. The third-order valence-electron chi connectivity index (χ3n) is 5.48. The van der Waals surface area contributed by atoms with Crippen LogP contribution < -0.4 is 5.32 Å². The Labute approximate surface area is 100 Å². The average molecular weight is 221 g/mol. The van der Waals surface area contributed by atoms with Crippen molar-refractivity contribution in [3.63, 3.8) is 0 Å². The minimum atomic E-state index is 0.906. The molecule has 1 heteroatoms. The van der Waals surface area contributed by atoms with Crippen LogP contribution in [0.25, 0.3) is 0 Å². The van der Waals surface area contributed by atoms with Gasteiger partial charge in [0, 0.05) is 6.04 Å². The Kier molecular flexibility index (Phi) is 3.51. The molecule has 92 valence electrons. The Hall–Kier alpha value is -0.0400. The molecule has 4 unspecified atom stereocenters. The summed E-state index contributed by atoms with van der Waals surface area (Å²) in [6.07, 6.45) is 15.2. The van der Waals surface area contributed by atoms with E-state index in [1.807, 2.05) is 0 Å². The van der Waals surface area contributed by atoms with Gasteiger partial charge in [-0.25, -0.2) is 0 Å². The summed E-state index contributed by atoms with van der Waals surface area (Å²) in [6, 6.07) is 0.906. The van der Waals surface area contributed by atoms with Crippen LogP contribution in [0.3, 0.4) is 0 Å². The Balaban J connectivity index is 1.62. The molecule has 3 rings (SSSR count). The van der Waals surface area contributed by atoms with Crippen LogP contribution in [-0.2, 0) is 0 Å². The minimum absolute atomic E-state index is 0.906. The molecular formula is C15H27N. The fourth-order valence-corrected chi connectivity index (χ4v) is 4.33. The van der Waals surface area contributed by atoms with Crippen LogP contribution >= 0.6 is 0 Å². The minimum Gasteiger partial charge on any atom is -0.313 e. The molecule has 0 spiro atoms. The topological polar surface area (TPSA) is 12.0 Å². The first-order chi connectivity index (χ1) is 7.93. The highest BCUT2D eigenvalue weighted by molar-refractivity contribution is 4.92. The van der Waals surface area contributed by atoms with Crippen LogP contribution in [0.5, 0.6) is 0 Å². The van der Waals surface area contributed by atoms with Crippen molar-refractivity contribution >= 4 is 0 Å². The molecule has 3 aliphatic rings. The van der Waals surface area contributed by atoms with Gasteiger partial charge in [0.1, 0.15) is 0 Å². The third-order valence-corrected chi connectivity index (χ3v) is 5.48. The van der Waals surface area contributed by atoms with E-state index in [1.165, 1.54) is 57.9 Å². The second-order valence-electron chi connectivity index (χ2n) is 6.45. The fourth-order valence-electron chi connectivity index (χ4n) is 4.33. The molecule has 0 aromatic carbocycles. The molecule has 0 bridgehead atoms. The first-order valence-electron chi connectivity index (χ1n) is 7.67. The highest BCUT2D eigenvalue weighted by Crippen LogP contribution is 2.41. The van der Waals surface area contributed by atoms with Crippen LogP contribution in [0.2, 0.25) is 0 Å². The number of fused-ring (bicyclic) bond motifs is 2. The molecule has 0 radical (unpaired) electrons. The lowest BCUT2D eigenvalue weighted by Gasteiger charge is -2.40. The first kappa shape index (κ1) is 11.1. The van der Waals surface area contributed by atoms with Gasteiger partial charge in [-0.1, -0.05) is 51.4 Å². The zero-order valence-electron chi connectivity index (χ0n) is 10.6. The molecule has 1 aliphatic heterocycles. The van der Waals surface area contributed by atoms with E-state index in [1.54, 1.807) is 12.8 Å². The standard InChI is InChI=1S/C15H27N/c1-2-4-7-14-11-16-15(14)10-13-9-5-8-12(13)6-3-1/h12-16H,1-11H2. The van der Waals surface area contributed by atoms with Gasteiger partial charge in [-0.05, 0) is 37.1 Å². The molecular weight excluding hydrogens is 194 g/mol. The lowest BCUT2D eigenvalue weighted by atomic mass is 9.78. The monoisotopic (exact) mass is 221 g/mol. The molecule has 3 fully saturated rings. The predicted molar refractivity (Wildman–Crippen MR) is 68.4 cm³/mol. The third kappa shape index (κ3) is 2.30. The van der Waals surface area contributed by atoms with Crippen molar-refractivity contribution in [2.45, 2.75) is 70.3 Å². The number of rotatable bonds is 0. The zero-order valence-corrected chi connectivity index (χ0v) is 10.6. The molecule has 0 amide bonds. The van der Waals surface area contributed by atoms with Gasteiger partial charge >= 0.3 is 0 Å². The summed E-state index contributed by atoms with van der Waals surface area (Å²) in [5.74, 6) is 3.22. The van der Waals surface area contributed by atoms with Crippen molar-refractivity contribution in [2.24, 2.45) is 17.8 Å². The van der Waals surface area contributed by atoms with E-state index >= 15 is 0 Å². The van der Waals surface area contributed by atoms with Crippen molar-refractivity contribution in [1.82, 2.24) is 5.32 Å². The van der Waals surface area contributed by atoms with Crippen LogP contribution in [0.1, 0.15) is 64.2 Å². The van der Waals surface area contributed by atoms with Gasteiger partial charge in [-0.15, -0.1) is 0 Å². The zero-order chi connectivity index (χ0) is 10.8. The van der Waals surface area contributed by atoms with Gasteiger partial charge in [-0.3, -0.25) is 0 Å². The number of hydrogen-bond acceptors (Lipinski definition) is 1. The van der Waals surface area contributed by atoms with Crippen molar-refractivity contribution < 1.29 is 0 Å². The Morgan fingerprint density at radius 3 is 2.06 bits per heavy atom. The summed E-state index contributed by atoms with van der Waals surface area (Å²) in [5.41, 5.74) is 0. The van der Waals surface area contributed by atoms with Crippen molar-refractivity contribution in [1.29, 1.82) is 0 Å². The smallest absolute Gasteiger partial charge is 0.0110 e. The maximum atomic E-state index is 3.70. The highest BCUT2D eigenvalue weighted by atomic mass is 15.0. The van der Waals surface area contributed by atoms with E-state index in [-0.39, 0.29) is 0 Å². The molecule has 1 N–H and O–H groups in total. The summed E-state index contributed by atoms with van der Waals surface area (Å²) >= 11 is 0. The van der Waals surface area contributed by atoms with Crippen molar-refractivity contribution in [2.75, 3.05) is 6.54 Å². The Morgan fingerprint density at radius 2 is 1.31 bits per heavy atom. The largest absolute Gasteiger partial charge is 0.313 e. The van der Waals surface area contributed by atoms with Gasteiger partial charge in [0.2, 0.25) is 0 Å². The van der Waals surface area contributed by atoms with E-state index in [2.05, 4.69) is 5.32 Å². The normalized spacial score (nSPS) is 45.0. The molecule has 1 heterocycles. The molecule has 4 atom stereocenters. The van der Waals surface area contributed by atoms with Crippen LogP contribution in [0, 0.1) is 17.8 Å². The summed E-state index contributed by atoms with van der Waals surface area (Å²) in [7, 11) is 0. The van der Waals surface area contributed by atoms with Crippen LogP contribution in [-0.4, -0.2) is 12.6 Å². The van der Waals surface area contributed by atoms with Crippen molar-refractivity contribution in [3.05, 3.63) is 0 Å². The predicted octanol–water partition coefficient (Wildman–Crippen LogP) is 3.74. The van der Waals surface area contributed by atoms with Gasteiger partial charge in [-0.2, -0.15) is 0 Å². The van der Waals surface area contributed by atoms with Crippen LogP contribution in [0.4, 0.5) is 0 Å². The van der Waals surface area contributed by atoms with Crippen LogP contribution in [0.15, 0.2) is 0 Å². The van der Waals surface area contributed by atoms with Gasteiger partial charge in [0.25, 0.3) is 0 Å². The summed E-state index contributed by atoms with van der Waals surface area (Å²) < 4.78 is 0. The second kappa shape index (κ2) is 5.08. The lowest BCUT2D eigenvalue weighted by molar-refractivity contribution is 0.166. The molecule has 1 nitrogen and oxygen atoms in total. The SMILES string of the molecule is C1CCCC2CNC2CC2CCCC2CC1. The van der Waals surface area contributed by atoms with E-state index in [0.29, 0.717) is 0 Å². The van der Waals surface area contributed by atoms with Crippen molar-refractivity contribution in [3.8, 4) is 0 Å². The summed E-state index contributed by atoms with van der Waals surface area (Å²) in [4.78, 5) is 0. The van der Waals surface area contributed by atoms with Gasteiger partial charge in [0.05, 0.1) is 0 Å². The molecule has 16 heavy (non-hydrogen) atoms. The first-order valence-corrected chi connectivity index (χ1v) is 7.67. The maximum absolute atomic E-state index is 3.70. The molecule has 2 aliphatic carbocycles. The highest BCUT2D eigenvalue weighted by Gasteiger charge is 2.35.